The third kappa shape index (κ3) is 4.45. The van der Waals surface area contributed by atoms with Crippen LogP contribution in [0.2, 0.25) is 0 Å². The quantitative estimate of drug-likeness (QED) is 0.425. The number of hydrogen-bond acceptors (Lipinski definition) is 4. The lowest BCUT2D eigenvalue weighted by Crippen LogP contribution is -2.19. The van der Waals surface area contributed by atoms with Gasteiger partial charge in [0.2, 0.25) is 0 Å². The van der Waals surface area contributed by atoms with Crippen molar-refractivity contribution in [1.82, 2.24) is 14.8 Å². The topological polar surface area (TPSA) is 46.3 Å². The number of halogens is 1. The van der Waals surface area contributed by atoms with Crippen LogP contribution in [0.4, 0.5) is 10.1 Å². The van der Waals surface area contributed by atoms with Crippen LogP contribution in [0.15, 0.2) is 89.6 Å². The van der Waals surface area contributed by atoms with Gasteiger partial charge >= 0.3 is 0 Å². The Kier molecular flexibility index (Phi) is 5.90. The summed E-state index contributed by atoms with van der Waals surface area (Å²) in [5.41, 5.74) is 7.09. The Hall–Kier alpha value is -3.54. The van der Waals surface area contributed by atoms with Gasteiger partial charge in [0.15, 0.2) is 0 Å². The number of hydrazone groups is 1. The Labute approximate surface area is 200 Å². The monoisotopic (exact) mass is 455 g/mol. The van der Waals surface area contributed by atoms with E-state index < -0.39 is 0 Å². The van der Waals surface area contributed by atoms with Crippen LogP contribution in [0.3, 0.4) is 0 Å². The van der Waals surface area contributed by atoms with E-state index in [1.54, 1.807) is 23.1 Å². The summed E-state index contributed by atoms with van der Waals surface area (Å²) in [5, 5.41) is 11.2. The molecule has 2 heterocycles. The number of hydrogen-bond donors (Lipinski definition) is 0. The normalized spacial score (nSPS) is 20.3. The second-order valence-electron chi connectivity index (χ2n) is 9.83. The van der Waals surface area contributed by atoms with Crippen LogP contribution in [-0.2, 0) is 0 Å². The fraction of sp³-hybridized carbons (Fsp3) is 0.321. The minimum absolute atomic E-state index is 0.0318. The van der Waals surface area contributed by atoms with E-state index in [1.165, 1.54) is 42.4 Å². The van der Waals surface area contributed by atoms with E-state index in [1.807, 2.05) is 17.1 Å². The maximum atomic E-state index is 13.6. The van der Waals surface area contributed by atoms with Crippen molar-refractivity contribution in [2.75, 3.05) is 5.01 Å². The summed E-state index contributed by atoms with van der Waals surface area (Å²) in [6.45, 7) is 6.91. The average molecular weight is 456 g/mol. The Bertz CT molecular complexity index is 1230. The lowest BCUT2D eigenvalue weighted by atomic mass is 9.72. The Morgan fingerprint density at radius 3 is 2.41 bits per heavy atom. The molecule has 5 rings (SSSR count). The molecule has 0 radical (unpaired) electrons. The molecule has 0 fully saturated rings. The first-order chi connectivity index (χ1) is 16.4. The van der Waals surface area contributed by atoms with Crippen molar-refractivity contribution in [3.05, 3.63) is 95.9 Å². The van der Waals surface area contributed by atoms with Crippen molar-refractivity contribution >= 4 is 11.4 Å². The molecule has 0 saturated heterocycles. The van der Waals surface area contributed by atoms with Gasteiger partial charge in [-0.15, -0.1) is 0 Å². The molecular formula is C28H30FN5. The number of nitrogens with zero attached hydrogens (tertiary/aromatic N) is 5. The number of aromatic nitrogens is 3. The molecule has 1 aliphatic heterocycles. The van der Waals surface area contributed by atoms with E-state index in [0.717, 1.165) is 35.5 Å². The molecule has 34 heavy (non-hydrogen) atoms. The maximum Gasteiger partial charge on any atom is 0.138 e. The largest absolute Gasteiger partial charge is 0.257 e. The van der Waals surface area contributed by atoms with E-state index in [-0.39, 0.29) is 17.3 Å². The molecule has 1 unspecified atom stereocenters. The van der Waals surface area contributed by atoms with E-state index in [2.05, 4.69) is 55.1 Å². The van der Waals surface area contributed by atoms with Gasteiger partial charge in [-0.1, -0.05) is 37.6 Å². The summed E-state index contributed by atoms with van der Waals surface area (Å²) in [6, 6.07) is 14.9. The van der Waals surface area contributed by atoms with Crippen molar-refractivity contribution in [3.63, 3.8) is 0 Å². The summed E-state index contributed by atoms with van der Waals surface area (Å²) in [7, 11) is 0. The average Bonchev–Trinajstić information content (AvgIpc) is 3.50. The molecule has 5 nitrogen and oxygen atoms in total. The van der Waals surface area contributed by atoms with E-state index in [9.17, 15) is 4.39 Å². The molecule has 0 amide bonds. The van der Waals surface area contributed by atoms with Crippen molar-refractivity contribution in [2.45, 2.75) is 52.5 Å². The molecule has 1 aliphatic carbocycles. The SMILES string of the molecule is CC1=C(/C=C/C2=NN(c3ccc(F)cc3)C(c3ccc(-n4cncn4)cc3)C2)C(C)(C)CCC1. The molecule has 1 aromatic heterocycles. The van der Waals surface area contributed by atoms with Gasteiger partial charge in [0, 0.05) is 6.42 Å². The molecule has 2 aromatic carbocycles. The van der Waals surface area contributed by atoms with Crippen LogP contribution in [0, 0.1) is 11.2 Å². The summed E-state index contributed by atoms with van der Waals surface area (Å²) >= 11 is 0. The minimum Gasteiger partial charge on any atom is -0.257 e. The third-order valence-electron chi connectivity index (χ3n) is 6.97. The Balaban J connectivity index is 1.45. The highest BCUT2D eigenvalue weighted by molar-refractivity contribution is 5.98. The molecule has 0 saturated carbocycles. The number of allylic oxidation sites excluding steroid dienone is 4. The van der Waals surface area contributed by atoms with Crippen molar-refractivity contribution < 1.29 is 4.39 Å². The fourth-order valence-corrected chi connectivity index (χ4v) is 5.11. The summed E-state index contributed by atoms with van der Waals surface area (Å²) in [5.74, 6) is -0.247. The summed E-state index contributed by atoms with van der Waals surface area (Å²) < 4.78 is 15.3. The van der Waals surface area contributed by atoms with Gasteiger partial charge < -0.3 is 0 Å². The van der Waals surface area contributed by atoms with Crippen LogP contribution < -0.4 is 5.01 Å². The molecular weight excluding hydrogens is 425 g/mol. The molecule has 174 valence electrons. The second kappa shape index (κ2) is 9.01. The standard InChI is InChI=1S/C28H30FN5/c1-20-5-4-16-28(2,3)26(20)15-10-23-17-27(34(32-23)25-13-8-22(29)9-14-25)21-6-11-24(12-7-21)33-19-30-18-31-33/h6-15,18-19,27H,4-5,16-17H2,1-3H3/b15-10+. The highest BCUT2D eigenvalue weighted by Gasteiger charge is 2.30. The number of benzene rings is 2. The molecule has 6 heteroatoms. The summed E-state index contributed by atoms with van der Waals surface area (Å²) in [6.07, 6.45) is 12.1. The van der Waals surface area contributed by atoms with Crippen LogP contribution in [-0.4, -0.2) is 20.5 Å². The zero-order valence-corrected chi connectivity index (χ0v) is 19.9. The van der Waals surface area contributed by atoms with Gasteiger partial charge in [-0.25, -0.2) is 14.1 Å². The maximum absolute atomic E-state index is 13.6. The lowest BCUT2D eigenvalue weighted by Gasteiger charge is -2.32. The molecule has 0 N–H and O–H groups in total. The fourth-order valence-electron chi connectivity index (χ4n) is 5.11. The van der Waals surface area contributed by atoms with Crippen molar-refractivity contribution in [2.24, 2.45) is 10.5 Å². The zero-order valence-electron chi connectivity index (χ0n) is 19.9. The van der Waals surface area contributed by atoms with Crippen molar-refractivity contribution in [1.29, 1.82) is 0 Å². The van der Waals surface area contributed by atoms with Gasteiger partial charge in [0.05, 0.1) is 23.1 Å². The van der Waals surface area contributed by atoms with Gasteiger partial charge in [-0.2, -0.15) is 10.2 Å². The van der Waals surface area contributed by atoms with E-state index >= 15 is 0 Å². The Morgan fingerprint density at radius 2 is 1.74 bits per heavy atom. The zero-order chi connectivity index (χ0) is 23.7. The van der Waals surface area contributed by atoms with Gasteiger partial charge in [-0.05, 0) is 85.2 Å². The predicted molar refractivity (Wildman–Crippen MR) is 135 cm³/mol. The second-order valence-corrected chi connectivity index (χ2v) is 9.83. The first-order valence-electron chi connectivity index (χ1n) is 11.9. The molecule has 1 atom stereocenters. The van der Waals surface area contributed by atoms with Crippen LogP contribution in [0.5, 0.6) is 0 Å². The first-order valence-corrected chi connectivity index (χ1v) is 11.9. The lowest BCUT2D eigenvalue weighted by molar-refractivity contribution is 0.377. The predicted octanol–water partition coefficient (Wildman–Crippen LogP) is 6.80. The number of rotatable bonds is 5. The van der Waals surface area contributed by atoms with Gasteiger partial charge in [0.25, 0.3) is 0 Å². The minimum atomic E-state index is -0.247. The van der Waals surface area contributed by atoms with E-state index in [4.69, 9.17) is 5.10 Å². The van der Waals surface area contributed by atoms with Crippen LogP contribution >= 0.6 is 0 Å². The molecule has 3 aromatic rings. The molecule has 0 spiro atoms. The molecule has 2 aliphatic rings. The number of anilines is 1. The van der Waals surface area contributed by atoms with Gasteiger partial charge in [-0.3, -0.25) is 5.01 Å². The third-order valence-corrected chi connectivity index (χ3v) is 6.97. The van der Waals surface area contributed by atoms with E-state index in [0.29, 0.717) is 0 Å². The van der Waals surface area contributed by atoms with Crippen LogP contribution in [0.25, 0.3) is 5.69 Å². The van der Waals surface area contributed by atoms with Crippen LogP contribution in [0.1, 0.15) is 58.1 Å². The first kappa shape index (κ1) is 22.3. The van der Waals surface area contributed by atoms with Gasteiger partial charge in [0.1, 0.15) is 18.5 Å². The molecule has 0 bridgehead atoms. The van der Waals surface area contributed by atoms with Crippen molar-refractivity contribution in [3.8, 4) is 5.69 Å². The Morgan fingerprint density at radius 1 is 1.00 bits per heavy atom. The summed E-state index contributed by atoms with van der Waals surface area (Å²) in [4.78, 5) is 4.02. The smallest absolute Gasteiger partial charge is 0.138 e. The highest BCUT2D eigenvalue weighted by Crippen LogP contribution is 2.41. The highest BCUT2D eigenvalue weighted by atomic mass is 19.1.